The Morgan fingerprint density at radius 1 is 1.07 bits per heavy atom. The van der Waals surface area contributed by atoms with Crippen molar-refractivity contribution in [2.24, 2.45) is 0 Å². The number of rotatable bonds is 9. The number of hydrogen-bond acceptors (Lipinski definition) is 7. The third-order valence-electron chi connectivity index (χ3n) is 6.46. The smallest absolute Gasteiger partial charge is 0.382 e. The Balaban J connectivity index is 1.72. The van der Waals surface area contributed by atoms with Crippen molar-refractivity contribution in [1.29, 1.82) is 0 Å². The van der Waals surface area contributed by atoms with E-state index in [4.69, 9.17) is 16.1 Å². The first-order chi connectivity index (χ1) is 19.5. The van der Waals surface area contributed by atoms with Crippen LogP contribution in [0.5, 0.6) is 0 Å². The van der Waals surface area contributed by atoms with E-state index in [1.165, 1.54) is 44.2 Å². The molecule has 42 heavy (non-hydrogen) atoms. The highest BCUT2D eigenvalue weighted by Gasteiger charge is 2.41. The van der Waals surface area contributed by atoms with E-state index < -0.39 is 60.4 Å². The van der Waals surface area contributed by atoms with Gasteiger partial charge in [-0.05, 0) is 49.7 Å². The monoisotopic (exact) mass is 617 g/mol. The standard InChI is InChI=1S/C26H22ClF6N5O4/c1-14-34-22(42-36-14)24(2,16-4-3-5-17(10-16)25(28,29)30)11-19(39)12-38-23(41)37(13-20(40)26(31,32)33)21(35-38)15-6-8-18(27)9-7-15/h3-10,20,40H,11-13H2,1-2H3/t20-,24+/m0/s1. The molecule has 0 aliphatic carbocycles. The second kappa shape index (κ2) is 11.4. The van der Waals surface area contributed by atoms with Crippen LogP contribution in [0.15, 0.2) is 57.8 Å². The van der Waals surface area contributed by atoms with E-state index in [0.717, 1.165) is 18.2 Å². The highest BCUT2D eigenvalue weighted by Crippen LogP contribution is 2.38. The molecule has 1 N–H and O–H groups in total. The minimum absolute atomic E-state index is 0.0161. The summed E-state index contributed by atoms with van der Waals surface area (Å²) in [6, 6.07) is 9.77. The summed E-state index contributed by atoms with van der Waals surface area (Å²) in [6.45, 7) is 0.905. The number of aryl methyl sites for hydroxylation is 1. The van der Waals surface area contributed by atoms with E-state index >= 15 is 0 Å². The van der Waals surface area contributed by atoms with Crippen molar-refractivity contribution in [3.05, 3.63) is 86.9 Å². The number of halogens is 7. The van der Waals surface area contributed by atoms with E-state index in [2.05, 4.69) is 15.2 Å². The first-order valence-electron chi connectivity index (χ1n) is 12.2. The second-order valence-electron chi connectivity index (χ2n) is 9.71. The summed E-state index contributed by atoms with van der Waals surface area (Å²) in [7, 11) is 0. The zero-order valence-corrected chi connectivity index (χ0v) is 22.6. The lowest BCUT2D eigenvalue weighted by Gasteiger charge is -2.26. The molecule has 224 valence electrons. The molecular weight excluding hydrogens is 596 g/mol. The molecule has 9 nitrogen and oxygen atoms in total. The average Bonchev–Trinajstić information content (AvgIpc) is 3.47. The highest BCUT2D eigenvalue weighted by atomic mass is 35.5. The molecular formula is C26H22ClF6N5O4. The molecule has 0 aliphatic heterocycles. The maximum Gasteiger partial charge on any atom is 0.416 e. The fourth-order valence-corrected chi connectivity index (χ4v) is 4.40. The summed E-state index contributed by atoms with van der Waals surface area (Å²) in [5.74, 6) is -1.03. The van der Waals surface area contributed by atoms with Crippen LogP contribution in [0, 0.1) is 6.92 Å². The molecule has 2 atom stereocenters. The van der Waals surface area contributed by atoms with Crippen LogP contribution in [0.3, 0.4) is 0 Å². The SMILES string of the molecule is Cc1noc([C@](C)(CC(=O)Cn2nc(-c3ccc(Cl)cc3)n(C[C@H](O)C(F)(F)F)c2=O)c2cccc(C(F)(F)F)c2)n1. The zero-order chi connectivity index (χ0) is 31.0. The van der Waals surface area contributed by atoms with Gasteiger partial charge in [0.15, 0.2) is 23.5 Å². The van der Waals surface area contributed by atoms with Gasteiger partial charge in [-0.15, -0.1) is 5.10 Å². The first-order valence-corrected chi connectivity index (χ1v) is 12.6. The lowest BCUT2D eigenvalue weighted by Crippen LogP contribution is -2.38. The third kappa shape index (κ3) is 6.57. The van der Waals surface area contributed by atoms with E-state index in [1.807, 2.05) is 0 Å². The lowest BCUT2D eigenvalue weighted by molar-refractivity contribution is -0.207. The number of ketones is 1. The molecule has 0 saturated carbocycles. The van der Waals surface area contributed by atoms with Gasteiger partial charge < -0.3 is 9.63 Å². The molecule has 4 aromatic rings. The lowest BCUT2D eigenvalue weighted by atomic mass is 9.77. The number of aliphatic hydroxyl groups excluding tert-OH is 1. The van der Waals surface area contributed by atoms with Crippen molar-refractivity contribution in [2.45, 2.75) is 57.2 Å². The van der Waals surface area contributed by atoms with Crippen LogP contribution in [0.2, 0.25) is 5.02 Å². The van der Waals surface area contributed by atoms with Gasteiger partial charge in [0.25, 0.3) is 0 Å². The number of hydrogen-bond donors (Lipinski definition) is 1. The predicted octanol–water partition coefficient (Wildman–Crippen LogP) is 4.96. The summed E-state index contributed by atoms with van der Waals surface area (Å²) in [6.07, 6.45) is -13.2. The van der Waals surface area contributed by atoms with Gasteiger partial charge in [-0.3, -0.25) is 9.36 Å². The maximum atomic E-state index is 13.5. The molecule has 2 aromatic heterocycles. The predicted molar refractivity (Wildman–Crippen MR) is 136 cm³/mol. The molecule has 4 rings (SSSR count). The summed E-state index contributed by atoms with van der Waals surface area (Å²) in [4.78, 5) is 30.6. The number of aromatic nitrogens is 5. The Morgan fingerprint density at radius 2 is 1.71 bits per heavy atom. The number of alkyl halides is 6. The van der Waals surface area contributed by atoms with Gasteiger partial charge in [-0.25, -0.2) is 9.48 Å². The van der Waals surface area contributed by atoms with Gasteiger partial charge in [-0.1, -0.05) is 35.0 Å². The molecule has 16 heteroatoms. The molecule has 0 bridgehead atoms. The molecule has 0 unspecified atom stereocenters. The number of Topliss-reactive ketones (excluding diaryl/α,β-unsaturated/α-hetero) is 1. The zero-order valence-electron chi connectivity index (χ0n) is 21.9. The molecule has 0 spiro atoms. The maximum absolute atomic E-state index is 13.5. The number of nitrogens with zero attached hydrogens (tertiary/aromatic N) is 5. The normalized spacial score (nSPS) is 14.5. The quantitative estimate of drug-likeness (QED) is 0.264. The van der Waals surface area contributed by atoms with Crippen LogP contribution in [0.1, 0.15) is 36.2 Å². The van der Waals surface area contributed by atoms with Gasteiger partial charge in [-0.2, -0.15) is 31.3 Å². The largest absolute Gasteiger partial charge is 0.416 e. The van der Waals surface area contributed by atoms with Crippen LogP contribution in [-0.4, -0.2) is 47.7 Å². The summed E-state index contributed by atoms with van der Waals surface area (Å²) >= 11 is 5.88. The van der Waals surface area contributed by atoms with Crippen molar-refractivity contribution in [2.75, 3.05) is 0 Å². The van der Waals surface area contributed by atoms with Crippen LogP contribution < -0.4 is 5.69 Å². The van der Waals surface area contributed by atoms with Crippen LogP contribution in [-0.2, 0) is 29.5 Å². The van der Waals surface area contributed by atoms with Crippen molar-refractivity contribution < 1.29 is 40.8 Å². The number of carbonyl (C=O) groups is 1. The van der Waals surface area contributed by atoms with Crippen molar-refractivity contribution in [1.82, 2.24) is 24.5 Å². The molecule has 0 saturated heterocycles. The number of aliphatic hydroxyl groups is 1. The number of carbonyl (C=O) groups excluding carboxylic acids is 1. The van der Waals surface area contributed by atoms with Gasteiger partial charge in [0.1, 0.15) is 6.54 Å². The Kier molecular flexibility index (Phi) is 8.38. The van der Waals surface area contributed by atoms with Crippen molar-refractivity contribution in [3.8, 4) is 11.4 Å². The fraction of sp³-hybridized carbons (Fsp3) is 0.346. The molecule has 0 amide bonds. The van der Waals surface area contributed by atoms with Crippen LogP contribution in [0.25, 0.3) is 11.4 Å². The van der Waals surface area contributed by atoms with E-state index in [1.54, 1.807) is 0 Å². The van der Waals surface area contributed by atoms with Crippen LogP contribution in [0.4, 0.5) is 26.3 Å². The second-order valence-corrected chi connectivity index (χ2v) is 10.1. The van der Waals surface area contributed by atoms with Gasteiger partial charge in [0.05, 0.1) is 17.5 Å². The summed E-state index contributed by atoms with van der Waals surface area (Å²) in [5.41, 5.74) is -3.52. The Hall–Kier alpha value is -3.98. The molecule has 2 aromatic carbocycles. The highest BCUT2D eigenvalue weighted by molar-refractivity contribution is 6.30. The van der Waals surface area contributed by atoms with E-state index in [9.17, 15) is 41.0 Å². The first kappa shape index (κ1) is 31.0. The van der Waals surface area contributed by atoms with Gasteiger partial charge in [0, 0.05) is 17.0 Å². The van der Waals surface area contributed by atoms with E-state index in [0.29, 0.717) is 14.3 Å². The number of benzene rings is 2. The Morgan fingerprint density at radius 3 is 2.29 bits per heavy atom. The van der Waals surface area contributed by atoms with Gasteiger partial charge in [0.2, 0.25) is 5.89 Å². The Bertz CT molecular complexity index is 1640. The van der Waals surface area contributed by atoms with E-state index in [-0.39, 0.29) is 28.7 Å². The topological polar surface area (TPSA) is 116 Å². The Labute approximate surface area is 238 Å². The van der Waals surface area contributed by atoms with Crippen molar-refractivity contribution >= 4 is 17.4 Å². The summed E-state index contributed by atoms with van der Waals surface area (Å²) in [5, 5.41) is 17.6. The van der Waals surface area contributed by atoms with Gasteiger partial charge >= 0.3 is 18.0 Å². The minimum atomic E-state index is -5.05. The molecule has 0 radical (unpaired) electrons. The van der Waals surface area contributed by atoms with Crippen LogP contribution >= 0.6 is 11.6 Å². The minimum Gasteiger partial charge on any atom is -0.382 e. The fourth-order valence-electron chi connectivity index (χ4n) is 4.28. The molecule has 2 heterocycles. The molecule has 0 aliphatic rings. The molecule has 0 fully saturated rings. The third-order valence-corrected chi connectivity index (χ3v) is 6.71. The average molecular weight is 618 g/mol. The van der Waals surface area contributed by atoms with Crippen molar-refractivity contribution in [3.63, 3.8) is 0 Å². The summed E-state index contributed by atoms with van der Waals surface area (Å²) < 4.78 is 86.2.